The molecule has 1 aromatic carbocycles. The molecule has 0 fully saturated rings. The van der Waals surface area contributed by atoms with Crippen molar-refractivity contribution in [2.24, 2.45) is 5.73 Å². The Morgan fingerprint density at radius 1 is 1.57 bits per heavy atom. The Labute approximate surface area is 88.0 Å². The second-order valence-electron chi connectivity index (χ2n) is 2.46. The number of rotatable bonds is 3. The van der Waals surface area contributed by atoms with E-state index in [4.69, 9.17) is 15.9 Å². The van der Waals surface area contributed by atoms with Crippen LogP contribution in [0.15, 0.2) is 18.2 Å². The fraction of sp³-hybridized carbons (Fsp3) is 0.222. The Morgan fingerprint density at radius 2 is 2.21 bits per heavy atom. The maximum atomic E-state index is 13.1. The topological polar surface area (TPSA) is 59.1 Å². The Hall–Kier alpha value is -1.29. The standard InChI is InChI=1S/C9H11FN2O.ClH/c1-2-13-7-5-3-4-6(10)8(7)9(11)12;/h3-5H,2H2,1H3,(H3,11,12);1H. The van der Waals surface area contributed by atoms with Crippen molar-refractivity contribution in [3.8, 4) is 5.75 Å². The molecule has 14 heavy (non-hydrogen) atoms. The van der Waals surface area contributed by atoms with Crippen LogP contribution >= 0.6 is 12.4 Å². The molecule has 0 aromatic heterocycles. The van der Waals surface area contributed by atoms with E-state index in [9.17, 15) is 4.39 Å². The molecule has 0 amide bonds. The number of nitrogen functional groups attached to an aromatic ring is 1. The highest BCUT2D eigenvalue weighted by Gasteiger charge is 2.11. The van der Waals surface area contributed by atoms with Crippen molar-refractivity contribution in [3.05, 3.63) is 29.6 Å². The zero-order chi connectivity index (χ0) is 9.84. The van der Waals surface area contributed by atoms with Crippen LogP contribution in [0.1, 0.15) is 12.5 Å². The van der Waals surface area contributed by atoms with Gasteiger partial charge in [-0.2, -0.15) is 0 Å². The molecule has 0 radical (unpaired) electrons. The van der Waals surface area contributed by atoms with Crippen LogP contribution in [-0.2, 0) is 0 Å². The first kappa shape index (κ1) is 12.7. The molecule has 0 spiro atoms. The van der Waals surface area contributed by atoms with Crippen LogP contribution in [0.25, 0.3) is 0 Å². The minimum atomic E-state index is -0.529. The molecule has 0 aliphatic rings. The van der Waals surface area contributed by atoms with Crippen molar-refractivity contribution in [1.82, 2.24) is 0 Å². The summed E-state index contributed by atoms with van der Waals surface area (Å²) in [6.07, 6.45) is 0. The van der Waals surface area contributed by atoms with Crippen LogP contribution in [0.2, 0.25) is 0 Å². The highest BCUT2D eigenvalue weighted by atomic mass is 35.5. The summed E-state index contributed by atoms with van der Waals surface area (Å²) in [5.74, 6) is -0.532. The van der Waals surface area contributed by atoms with Crippen molar-refractivity contribution < 1.29 is 9.13 Å². The quantitative estimate of drug-likeness (QED) is 0.602. The van der Waals surface area contributed by atoms with Gasteiger partial charge in [-0.25, -0.2) is 4.39 Å². The van der Waals surface area contributed by atoms with Crippen LogP contribution in [0.4, 0.5) is 4.39 Å². The molecule has 0 bridgehead atoms. The first-order chi connectivity index (χ1) is 6.16. The highest BCUT2D eigenvalue weighted by Crippen LogP contribution is 2.20. The third-order valence-electron chi connectivity index (χ3n) is 1.54. The Bertz CT molecular complexity index is 331. The third kappa shape index (κ3) is 2.60. The van der Waals surface area contributed by atoms with Crippen molar-refractivity contribution in [2.45, 2.75) is 6.92 Å². The predicted molar refractivity (Wildman–Crippen MR) is 55.8 cm³/mol. The zero-order valence-corrected chi connectivity index (χ0v) is 8.53. The summed E-state index contributed by atoms with van der Waals surface area (Å²) in [5.41, 5.74) is 5.24. The molecule has 5 heteroatoms. The molecule has 0 unspecified atom stereocenters. The lowest BCUT2D eigenvalue weighted by Crippen LogP contribution is -2.15. The minimum absolute atomic E-state index is 0. The zero-order valence-electron chi connectivity index (χ0n) is 7.71. The van der Waals surface area contributed by atoms with E-state index in [2.05, 4.69) is 0 Å². The molecule has 0 heterocycles. The molecule has 78 valence electrons. The van der Waals surface area contributed by atoms with Gasteiger partial charge in [0, 0.05) is 0 Å². The monoisotopic (exact) mass is 218 g/mol. The number of nitrogens with two attached hydrogens (primary N) is 1. The van der Waals surface area contributed by atoms with E-state index in [1.807, 2.05) is 0 Å². The largest absolute Gasteiger partial charge is 0.493 e. The first-order valence-corrected chi connectivity index (χ1v) is 3.92. The summed E-state index contributed by atoms with van der Waals surface area (Å²) in [6, 6.07) is 4.36. The van der Waals surface area contributed by atoms with Gasteiger partial charge in [0.15, 0.2) is 0 Å². The van der Waals surface area contributed by atoms with E-state index in [-0.39, 0.29) is 23.8 Å². The summed E-state index contributed by atoms with van der Waals surface area (Å²) in [7, 11) is 0. The molecule has 0 aliphatic carbocycles. The SMILES string of the molecule is CCOc1cccc(F)c1C(=N)N.Cl. The number of hydrogen-bond acceptors (Lipinski definition) is 2. The molecule has 0 saturated carbocycles. The van der Waals surface area contributed by atoms with Gasteiger partial charge in [0.25, 0.3) is 0 Å². The van der Waals surface area contributed by atoms with E-state index >= 15 is 0 Å². The smallest absolute Gasteiger partial charge is 0.137 e. The van der Waals surface area contributed by atoms with Crippen molar-refractivity contribution in [1.29, 1.82) is 5.41 Å². The predicted octanol–water partition coefficient (Wildman–Crippen LogP) is 1.93. The molecule has 1 aromatic rings. The fourth-order valence-electron chi connectivity index (χ4n) is 1.04. The average molecular weight is 219 g/mol. The molecule has 3 N–H and O–H groups in total. The summed E-state index contributed by atoms with van der Waals surface area (Å²) in [6.45, 7) is 2.21. The average Bonchev–Trinajstić information content (AvgIpc) is 2.04. The Balaban J connectivity index is 0.00000169. The van der Waals surface area contributed by atoms with E-state index in [0.29, 0.717) is 12.4 Å². The first-order valence-electron chi connectivity index (χ1n) is 3.92. The molecule has 0 saturated heterocycles. The molecule has 1 rings (SSSR count). The van der Waals surface area contributed by atoms with E-state index in [0.717, 1.165) is 0 Å². The van der Waals surface area contributed by atoms with Crippen LogP contribution < -0.4 is 10.5 Å². The van der Waals surface area contributed by atoms with E-state index in [1.165, 1.54) is 12.1 Å². The van der Waals surface area contributed by atoms with Gasteiger partial charge in [-0.3, -0.25) is 5.41 Å². The third-order valence-corrected chi connectivity index (χ3v) is 1.54. The van der Waals surface area contributed by atoms with Gasteiger partial charge in [0.1, 0.15) is 17.4 Å². The number of hydrogen-bond donors (Lipinski definition) is 2. The molecule has 3 nitrogen and oxygen atoms in total. The van der Waals surface area contributed by atoms with Gasteiger partial charge < -0.3 is 10.5 Å². The van der Waals surface area contributed by atoms with Crippen LogP contribution in [-0.4, -0.2) is 12.4 Å². The summed E-state index contributed by atoms with van der Waals surface area (Å²) in [5, 5.41) is 7.15. The fourth-order valence-corrected chi connectivity index (χ4v) is 1.04. The number of ether oxygens (including phenoxy) is 1. The van der Waals surface area contributed by atoms with Crippen LogP contribution in [0, 0.1) is 11.2 Å². The number of amidine groups is 1. The number of benzene rings is 1. The lowest BCUT2D eigenvalue weighted by molar-refractivity contribution is 0.337. The Kier molecular flexibility index (Phi) is 4.94. The van der Waals surface area contributed by atoms with Gasteiger partial charge in [-0.15, -0.1) is 12.4 Å². The second-order valence-corrected chi connectivity index (χ2v) is 2.46. The van der Waals surface area contributed by atoms with Crippen molar-refractivity contribution in [3.63, 3.8) is 0 Å². The highest BCUT2D eigenvalue weighted by molar-refractivity contribution is 5.97. The maximum Gasteiger partial charge on any atom is 0.137 e. The van der Waals surface area contributed by atoms with Gasteiger partial charge in [-0.1, -0.05) is 6.07 Å². The molecule has 0 atom stereocenters. The van der Waals surface area contributed by atoms with Gasteiger partial charge in [0.2, 0.25) is 0 Å². The van der Waals surface area contributed by atoms with Gasteiger partial charge >= 0.3 is 0 Å². The van der Waals surface area contributed by atoms with E-state index < -0.39 is 5.82 Å². The molecular formula is C9H12ClFN2O. The normalized spacial score (nSPS) is 9.00. The second kappa shape index (κ2) is 5.44. The van der Waals surface area contributed by atoms with Gasteiger partial charge in [-0.05, 0) is 19.1 Å². The van der Waals surface area contributed by atoms with Crippen LogP contribution in [0.5, 0.6) is 5.75 Å². The van der Waals surface area contributed by atoms with E-state index in [1.54, 1.807) is 13.0 Å². The molecular weight excluding hydrogens is 207 g/mol. The van der Waals surface area contributed by atoms with Gasteiger partial charge in [0.05, 0.1) is 12.2 Å². The molecule has 0 aliphatic heterocycles. The number of nitrogens with one attached hydrogen (secondary N) is 1. The maximum absolute atomic E-state index is 13.1. The lowest BCUT2D eigenvalue weighted by Gasteiger charge is -2.08. The van der Waals surface area contributed by atoms with Crippen molar-refractivity contribution in [2.75, 3.05) is 6.61 Å². The summed E-state index contributed by atoms with van der Waals surface area (Å²) < 4.78 is 18.2. The summed E-state index contributed by atoms with van der Waals surface area (Å²) in [4.78, 5) is 0. The Morgan fingerprint density at radius 3 is 2.71 bits per heavy atom. The minimum Gasteiger partial charge on any atom is -0.493 e. The summed E-state index contributed by atoms with van der Waals surface area (Å²) >= 11 is 0. The number of halogens is 2. The van der Waals surface area contributed by atoms with Crippen molar-refractivity contribution >= 4 is 18.2 Å². The van der Waals surface area contributed by atoms with Crippen LogP contribution in [0.3, 0.4) is 0 Å². The lowest BCUT2D eigenvalue weighted by atomic mass is 10.1.